The average Bonchev–Trinajstić information content (AvgIpc) is 2.41. The van der Waals surface area contributed by atoms with Crippen LogP contribution in [0.1, 0.15) is 13.8 Å². The predicted octanol–water partition coefficient (Wildman–Crippen LogP) is 4.35. The van der Waals surface area contributed by atoms with Crippen LogP contribution in [-0.4, -0.2) is 11.1 Å². The zero-order valence-electron chi connectivity index (χ0n) is 11.1. The van der Waals surface area contributed by atoms with Crippen LogP contribution >= 0.6 is 12.6 Å². The van der Waals surface area contributed by atoms with Crippen LogP contribution in [0.3, 0.4) is 0 Å². The van der Waals surface area contributed by atoms with E-state index in [9.17, 15) is 4.91 Å². The van der Waals surface area contributed by atoms with Crippen molar-refractivity contribution in [1.82, 2.24) is 4.98 Å². The van der Waals surface area contributed by atoms with E-state index in [1.165, 1.54) is 0 Å². The first-order chi connectivity index (χ1) is 9.58. The van der Waals surface area contributed by atoms with Crippen molar-refractivity contribution in [3.63, 3.8) is 0 Å². The minimum atomic E-state index is -0.0626. The molecule has 0 radical (unpaired) electrons. The fraction of sp³-hybridized carbons (Fsp3) is 0.214. The summed E-state index contributed by atoms with van der Waals surface area (Å²) in [5, 5.41) is 2.93. The van der Waals surface area contributed by atoms with Crippen molar-refractivity contribution in [3.8, 4) is 17.4 Å². The van der Waals surface area contributed by atoms with Gasteiger partial charge in [0.15, 0.2) is 5.75 Å². The van der Waals surface area contributed by atoms with Crippen LogP contribution in [0, 0.1) is 4.91 Å². The fourth-order valence-electron chi connectivity index (χ4n) is 1.54. The number of rotatable bonds is 5. The number of nitrogens with zero attached hydrogens (tertiary/aromatic N) is 2. The number of hydrogen-bond acceptors (Lipinski definition) is 6. The zero-order chi connectivity index (χ0) is 14.5. The van der Waals surface area contributed by atoms with Gasteiger partial charge < -0.3 is 9.47 Å². The molecule has 2 aromatic rings. The van der Waals surface area contributed by atoms with Gasteiger partial charge in [0.2, 0.25) is 5.88 Å². The summed E-state index contributed by atoms with van der Waals surface area (Å²) in [5.74, 6) is 1.34. The van der Waals surface area contributed by atoms with E-state index in [4.69, 9.17) is 9.47 Å². The van der Waals surface area contributed by atoms with Crippen LogP contribution in [0.15, 0.2) is 46.6 Å². The van der Waals surface area contributed by atoms with Gasteiger partial charge >= 0.3 is 0 Å². The van der Waals surface area contributed by atoms with Gasteiger partial charge in [-0.15, -0.1) is 17.5 Å². The number of hydrogen-bond donors (Lipinski definition) is 1. The van der Waals surface area contributed by atoms with Crippen LogP contribution < -0.4 is 9.47 Å². The Bertz CT molecular complexity index is 600. The molecule has 6 heteroatoms. The summed E-state index contributed by atoms with van der Waals surface area (Å²) in [6.45, 7) is 3.74. The maximum Gasteiger partial charge on any atom is 0.219 e. The van der Waals surface area contributed by atoms with Crippen molar-refractivity contribution >= 4 is 18.3 Å². The lowest BCUT2D eigenvalue weighted by molar-refractivity contribution is 0.242. The number of nitroso groups, excluding NO2 is 1. The lowest BCUT2D eigenvalue weighted by Crippen LogP contribution is -2.05. The van der Waals surface area contributed by atoms with Crippen LogP contribution in [0.2, 0.25) is 0 Å². The van der Waals surface area contributed by atoms with Gasteiger partial charge in [0.25, 0.3) is 0 Å². The van der Waals surface area contributed by atoms with Gasteiger partial charge in [-0.3, -0.25) is 0 Å². The maximum atomic E-state index is 10.7. The van der Waals surface area contributed by atoms with E-state index >= 15 is 0 Å². The van der Waals surface area contributed by atoms with E-state index in [1.807, 2.05) is 13.8 Å². The number of ether oxygens (including phenoxy) is 2. The summed E-state index contributed by atoms with van der Waals surface area (Å²) in [4.78, 5) is 15.6. The third-order valence-electron chi connectivity index (χ3n) is 2.34. The molecule has 0 bridgehead atoms. The van der Waals surface area contributed by atoms with E-state index in [1.54, 1.807) is 36.5 Å². The Labute approximate surface area is 122 Å². The molecule has 1 aromatic carbocycles. The Balaban J connectivity index is 2.23. The van der Waals surface area contributed by atoms with Gasteiger partial charge in [0, 0.05) is 23.2 Å². The highest BCUT2D eigenvalue weighted by Gasteiger charge is 2.09. The molecule has 0 aliphatic carbocycles. The van der Waals surface area contributed by atoms with Gasteiger partial charge in [-0.05, 0) is 37.2 Å². The molecule has 0 saturated heterocycles. The van der Waals surface area contributed by atoms with Gasteiger partial charge in [0.1, 0.15) is 11.4 Å². The van der Waals surface area contributed by atoms with E-state index in [0.29, 0.717) is 17.4 Å². The number of pyridine rings is 1. The SMILES string of the molecule is CC(C)Oc1cc(Oc2ccc(S)cn2)ccc1N=O. The Morgan fingerprint density at radius 3 is 2.65 bits per heavy atom. The van der Waals surface area contributed by atoms with Crippen molar-refractivity contribution in [3.05, 3.63) is 41.4 Å². The van der Waals surface area contributed by atoms with Gasteiger partial charge in [-0.2, -0.15) is 0 Å². The molecule has 1 aromatic heterocycles. The molecular weight excluding hydrogens is 276 g/mol. The van der Waals surface area contributed by atoms with Crippen LogP contribution in [-0.2, 0) is 0 Å². The van der Waals surface area contributed by atoms with Gasteiger partial charge in [0.05, 0.1) is 6.10 Å². The highest BCUT2D eigenvalue weighted by atomic mass is 32.1. The molecule has 20 heavy (non-hydrogen) atoms. The molecule has 0 aliphatic heterocycles. The summed E-state index contributed by atoms with van der Waals surface area (Å²) in [6, 6.07) is 8.29. The van der Waals surface area contributed by atoms with E-state index in [0.717, 1.165) is 4.90 Å². The number of aromatic nitrogens is 1. The third kappa shape index (κ3) is 3.71. The summed E-state index contributed by atoms with van der Waals surface area (Å²) < 4.78 is 11.1. The molecule has 5 nitrogen and oxygen atoms in total. The molecule has 0 saturated carbocycles. The minimum Gasteiger partial charge on any atom is -0.488 e. The predicted molar refractivity (Wildman–Crippen MR) is 79.2 cm³/mol. The van der Waals surface area contributed by atoms with Crippen LogP contribution in [0.25, 0.3) is 0 Å². The first-order valence-corrected chi connectivity index (χ1v) is 6.50. The smallest absolute Gasteiger partial charge is 0.219 e. The zero-order valence-corrected chi connectivity index (χ0v) is 12.0. The number of benzene rings is 1. The normalized spacial score (nSPS) is 10.4. The molecule has 0 spiro atoms. The lowest BCUT2D eigenvalue weighted by Gasteiger charge is -2.12. The minimum absolute atomic E-state index is 0.0626. The largest absolute Gasteiger partial charge is 0.488 e. The monoisotopic (exact) mass is 290 g/mol. The Morgan fingerprint density at radius 1 is 1.25 bits per heavy atom. The Hall–Kier alpha value is -2.08. The second kappa shape index (κ2) is 6.38. The van der Waals surface area contributed by atoms with E-state index in [2.05, 4.69) is 22.8 Å². The second-order valence-corrected chi connectivity index (χ2v) is 4.86. The van der Waals surface area contributed by atoms with Crippen molar-refractivity contribution in [2.24, 2.45) is 5.18 Å². The summed E-state index contributed by atoms with van der Waals surface area (Å²) in [7, 11) is 0. The quantitative estimate of drug-likeness (QED) is 0.657. The summed E-state index contributed by atoms with van der Waals surface area (Å²) in [5.41, 5.74) is 0.240. The third-order valence-corrected chi connectivity index (χ3v) is 2.60. The summed E-state index contributed by atoms with van der Waals surface area (Å²) in [6.07, 6.45) is 1.53. The first kappa shape index (κ1) is 14.3. The fourth-order valence-corrected chi connectivity index (χ4v) is 1.67. The molecule has 2 rings (SSSR count). The molecule has 0 fully saturated rings. The van der Waals surface area contributed by atoms with Crippen LogP contribution in [0.4, 0.5) is 5.69 Å². The standard InChI is InChI=1S/C14H14N2O3S/c1-9(2)18-13-7-10(3-5-12(13)16-17)19-14-6-4-11(20)8-15-14/h3-9,20H,1-2H3. The number of thiol groups is 1. The Morgan fingerprint density at radius 2 is 2.05 bits per heavy atom. The molecule has 0 atom stereocenters. The van der Waals surface area contributed by atoms with Crippen molar-refractivity contribution in [2.75, 3.05) is 0 Å². The molecule has 0 unspecified atom stereocenters. The van der Waals surface area contributed by atoms with Gasteiger partial charge in [-0.25, -0.2) is 4.98 Å². The van der Waals surface area contributed by atoms with Crippen LogP contribution in [0.5, 0.6) is 17.4 Å². The highest BCUT2D eigenvalue weighted by molar-refractivity contribution is 7.80. The van der Waals surface area contributed by atoms with Crippen molar-refractivity contribution in [2.45, 2.75) is 24.8 Å². The molecule has 0 N–H and O–H groups in total. The maximum absolute atomic E-state index is 10.7. The average molecular weight is 290 g/mol. The lowest BCUT2D eigenvalue weighted by atomic mass is 10.2. The molecule has 1 heterocycles. The van der Waals surface area contributed by atoms with Crippen molar-refractivity contribution < 1.29 is 9.47 Å². The molecule has 0 amide bonds. The topological polar surface area (TPSA) is 60.8 Å². The highest BCUT2D eigenvalue weighted by Crippen LogP contribution is 2.33. The molecule has 104 valence electrons. The van der Waals surface area contributed by atoms with E-state index < -0.39 is 0 Å². The summed E-state index contributed by atoms with van der Waals surface area (Å²) >= 11 is 4.15. The van der Waals surface area contributed by atoms with Crippen molar-refractivity contribution in [1.29, 1.82) is 0 Å². The Kier molecular flexibility index (Phi) is 4.57. The van der Waals surface area contributed by atoms with E-state index in [-0.39, 0.29) is 11.8 Å². The molecular formula is C14H14N2O3S. The van der Waals surface area contributed by atoms with Gasteiger partial charge in [-0.1, -0.05) is 0 Å². The second-order valence-electron chi connectivity index (χ2n) is 4.34. The first-order valence-electron chi connectivity index (χ1n) is 6.05. The molecule has 0 aliphatic rings.